The average Bonchev–Trinajstić information content (AvgIpc) is 2.26. The van der Waals surface area contributed by atoms with E-state index in [1.54, 1.807) is 19.1 Å². The van der Waals surface area contributed by atoms with Crippen LogP contribution in [0.5, 0.6) is 5.75 Å². The van der Waals surface area contributed by atoms with Crippen molar-refractivity contribution in [2.24, 2.45) is 0 Å². The SMILES string of the molecule is Cc1cc(-c2ccc(F)c(F)c2)ccc1O. The van der Waals surface area contributed by atoms with Gasteiger partial charge in [0.2, 0.25) is 0 Å². The van der Waals surface area contributed by atoms with Gasteiger partial charge in [-0.2, -0.15) is 0 Å². The Morgan fingerprint density at radius 1 is 0.875 bits per heavy atom. The highest BCUT2D eigenvalue weighted by Gasteiger charge is 2.05. The maximum Gasteiger partial charge on any atom is 0.159 e. The van der Waals surface area contributed by atoms with Crippen molar-refractivity contribution in [2.45, 2.75) is 6.92 Å². The van der Waals surface area contributed by atoms with Crippen molar-refractivity contribution in [1.29, 1.82) is 0 Å². The molecule has 2 rings (SSSR count). The number of rotatable bonds is 1. The van der Waals surface area contributed by atoms with E-state index in [2.05, 4.69) is 0 Å². The number of phenolic OH excluding ortho intramolecular Hbond substituents is 1. The number of halogens is 2. The molecule has 0 heterocycles. The first-order valence-electron chi connectivity index (χ1n) is 4.83. The number of aryl methyl sites for hydroxylation is 1. The van der Waals surface area contributed by atoms with Gasteiger partial charge in [0.1, 0.15) is 5.75 Å². The lowest BCUT2D eigenvalue weighted by Crippen LogP contribution is -1.86. The lowest BCUT2D eigenvalue weighted by atomic mass is 10.0. The van der Waals surface area contributed by atoms with Crippen LogP contribution >= 0.6 is 0 Å². The molecule has 3 heteroatoms. The van der Waals surface area contributed by atoms with Crippen LogP contribution in [-0.4, -0.2) is 5.11 Å². The second-order valence-electron chi connectivity index (χ2n) is 3.63. The molecule has 0 atom stereocenters. The Bertz CT molecular complexity index is 486. The maximum absolute atomic E-state index is 13.0. The van der Waals surface area contributed by atoms with Crippen molar-refractivity contribution >= 4 is 0 Å². The molecule has 0 aromatic heterocycles. The van der Waals surface area contributed by atoms with Crippen molar-refractivity contribution in [3.05, 3.63) is 53.6 Å². The van der Waals surface area contributed by atoms with E-state index in [1.807, 2.05) is 0 Å². The first-order chi connectivity index (χ1) is 7.58. The van der Waals surface area contributed by atoms with E-state index in [-0.39, 0.29) is 5.75 Å². The molecule has 0 saturated carbocycles. The minimum Gasteiger partial charge on any atom is -0.508 e. The highest BCUT2D eigenvalue weighted by Crippen LogP contribution is 2.26. The van der Waals surface area contributed by atoms with Gasteiger partial charge in [0.05, 0.1) is 0 Å². The predicted molar refractivity (Wildman–Crippen MR) is 58.2 cm³/mol. The van der Waals surface area contributed by atoms with Crippen molar-refractivity contribution in [3.8, 4) is 16.9 Å². The molecule has 0 bridgehead atoms. The fourth-order valence-electron chi connectivity index (χ4n) is 1.51. The standard InChI is InChI=1S/C13H10F2O/c1-8-6-9(3-5-13(8)16)10-2-4-11(14)12(15)7-10/h2-7,16H,1H3. The quantitative estimate of drug-likeness (QED) is 0.777. The molecule has 0 unspecified atom stereocenters. The summed E-state index contributed by atoms with van der Waals surface area (Å²) in [6, 6.07) is 8.65. The largest absolute Gasteiger partial charge is 0.508 e. The molecule has 0 aliphatic heterocycles. The van der Waals surface area contributed by atoms with Gasteiger partial charge in [0.25, 0.3) is 0 Å². The van der Waals surface area contributed by atoms with E-state index in [9.17, 15) is 13.9 Å². The molecule has 0 amide bonds. The highest BCUT2D eigenvalue weighted by molar-refractivity contribution is 5.65. The number of benzene rings is 2. The van der Waals surface area contributed by atoms with Crippen LogP contribution in [-0.2, 0) is 0 Å². The second kappa shape index (κ2) is 3.93. The van der Waals surface area contributed by atoms with Crippen molar-refractivity contribution < 1.29 is 13.9 Å². The van der Waals surface area contributed by atoms with Crippen LogP contribution in [0.25, 0.3) is 11.1 Å². The van der Waals surface area contributed by atoms with Crippen molar-refractivity contribution in [2.75, 3.05) is 0 Å². The summed E-state index contributed by atoms with van der Waals surface area (Å²) in [5.74, 6) is -1.55. The molecule has 0 radical (unpaired) electrons. The van der Waals surface area contributed by atoms with Gasteiger partial charge in [0.15, 0.2) is 11.6 Å². The molecule has 0 aliphatic carbocycles. The number of hydrogen-bond acceptors (Lipinski definition) is 1. The van der Waals surface area contributed by atoms with E-state index < -0.39 is 11.6 Å². The third-order valence-corrected chi connectivity index (χ3v) is 2.45. The summed E-state index contributed by atoms with van der Waals surface area (Å²) >= 11 is 0. The molecule has 0 spiro atoms. The predicted octanol–water partition coefficient (Wildman–Crippen LogP) is 3.65. The lowest BCUT2D eigenvalue weighted by Gasteiger charge is -2.05. The zero-order chi connectivity index (χ0) is 11.7. The zero-order valence-corrected chi connectivity index (χ0v) is 8.67. The van der Waals surface area contributed by atoms with Crippen LogP contribution in [0.1, 0.15) is 5.56 Å². The second-order valence-corrected chi connectivity index (χ2v) is 3.63. The summed E-state index contributed by atoms with van der Waals surface area (Å²) < 4.78 is 25.8. The number of phenols is 1. The Morgan fingerprint density at radius 3 is 2.12 bits per heavy atom. The van der Waals surface area contributed by atoms with E-state index in [0.29, 0.717) is 11.1 Å². The average molecular weight is 220 g/mol. The van der Waals surface area contributed by atoms with Gasteiger partial charge in [-0.05, 0) is 47.9 Å². The van der Waals surface area contributed by atoms with Crippen LogP contribution in [0.15, 0.2) is 36.4 Å². The molecular weight excluding hydrogens is 210 g/mol. The minimum atomic E-state index is -0.872. The summed E-state index contributed by atoms with van der Waals surface area (Å²) in [6.07, 6.45) is 0. The first kappa shape index (κ1) is 10.6. The summed E-state index contributed by atoms with van der Waals surface area (Å²) in [4.78, 5) is 0. The smallest absolute Gasteiger partial charge is 0.159 e. The van der Waals surface area contributed by atoms with Gasteiger partial charge in [-0.3, -0.25) is 0 Å². The van der Waals surface area contributed by atoms with Crippen LogP contribution < -0.4 is 0 Å². The molecule has 82 valence electrons. The first-order valence-corrected chi connectivity index (χ1v) is 4.83. The summed E-state index contributed by atoms with van der Waals surface area (Å²) in [5, 5.41) is 9.36. The third-order valence-electron chi connectivity index (χ3n) is 2.45. The Balaban J connectivity index is 2.50. The summed E-state index contributed by atoms with van der Waals surface area (Å²) in [5.41, 5.74) is 2.03. The van der Waals surface area contributed by atoms with E-state index in [1.165, 1.54) is 12.1 Å². The fourth-order valence-corrected chi connectivity index (χ4v) is 1.51. The highest BCUT2D eigenvalue weighted by atomic mass is 19.2. The van der Waals surface area contributed by atoms with Crippen molar-refractivity contribution in [3.63, 3.8) is 0 Å². The molecule has 2 aromatic carbocycles. The van der Waals surface area contributed by atoms with Crippen LogP contribution in [0.3, 0.4) is 0 Å². The van der Waals surface area contributed by atoms with Gasteiger partial charge in [0, 0.05) is 0 Å². The minimum absolute atomic E-state index is 0.186. The fraction of sp³-hybridized carbons (Fsp3) is 0.0769. The molecule has 0 fully saturated rings. The molecule has 1 nitrogen and oxygen atoms in total. The zero-order valence-electron chi connectivity index (χ0n) is 8.67. The Labute approximate surface area is 92.0 Å². The van der Waals surface area contributed by atoms with Gasteiger partial charge in [-0.15, -0.1) is 0 Å². The van der Waals surface area contributed by atoms with Gasteiger partial charge < -0.3 is 5.11 Å². The van der Waals surface area contributed by atoms with E-state index in [4.69, 9.17) is 0 Å². The lowest BCUT2D eigenvalue weighted by molar-refractivity contribution is 0.471. The number of hydrogen-bond donors (Lipinski definition) is 1. The van der Waals surface area contributed by atoms with Gasteiger partial charge in [-0.1, -0.05) is 12.1 Å². The van der Waals surface area contributed by atoms with Crippen LogP contribution in [0.2, 0.25) is 0 Å². The Kier molecular flexibility index (Phi) is 2.60. The van der Waals surface area contributed by atoms with Crippen LogP contribution in [0.4, 0.5) is 8.78 Å². The maximum atomic E-state index is 13.0. The molecule has 16 heavy (non-hydrogen) atoms. The normalized spacial score (nSPS) is 10.4. The topological polar surface area (TPSA) is 20.2 Å². The van der Waals surface area contributed by atoms with E-state index >= 15 is 0 Å². The monoisotopic (exact) mass is 220 g/mol. The summed E-state index contributed by atoms with van der Waals surface area (Å²) in [7, 11) is 0. The number of aromatic hydroxyl groups is 1. The Morgan fingerprint density at radius 2 is 1.50 bits per heavy atom. The molecule has 0 aliphatic rings. The van der Waals surface area contributed by atoms with Crippen molar-refractivity contribution in [1.82, 2.24) is 0 Å². The molecule has 0 saturated heterocycles. The molecule has 1 N–H and O–H groups in total. The van der Waals surface area contributed by atoms with Gasteiger partial charge >= 0.3 is 0 Å². The third kappa shape index (κ3) is 1.89. The summed E-state index contributed by atoms with van der Waals surface area (Å²) in [6.45, 7) is 1.75. The van der Waals surface area contributed by atoms with Crippen LogP contribution in [0, 0.1) is 18.6 Å². The Hall–Kier alpha value is -1.90. The van der Waals surface area contributed by atoms with E-state index in [0.717, 1.165) is 17.7 Å². The molecule has 2 aromatic rings. The molecular formula is C13H10F2O. The van der Waals surface area contributed by atoms with Gasteiger partial charge in [-0.25, -0.2) is 8.78 Å².